The normalized spacial score (nSPS) is 16.3. The van der Waals surface area contributed by atoms with Crippen molar-refractivity contribution in [2.75, 3.05) is 13.1 Å². The number of pyridine rings is 1. The molecule has 0 radical (unpaired) electrons. The Morgan fingerprint density at radius 1 is 1.29 bits per heavy atom. The number of hydrazone groups is 1. The van der Waals surface area contributed by atoms with E-state index in [-0.39, 0.29) is 23.4 Å². The van der Waals surface area contributed by atoms with E-state index in [2.05, 4.69) is 26.5 Å². The summed E-state index contributed by atoms with van der Waals surface area (Å²) in [7, 11) is 0. The van der Waals surface area contributed by atoms with E-state index in [1.54, 1.807) is 24.0 Å². The number of aliphatic imine (C=N–C) groups is 1. The van der Waals surface area contributed by atoms with Crippen molar-refractivity contribution in [3.63, 3.8) is 0 Å². The first-order valence-electron chi connectivity index (χ1n) is 11.6. The molecule has 4 rings (SSSR count). The van der Waals surface area contributed by atoms with Gasteiger partial charge in [-0.2, -0.15) is 28.8 Å². The van der Waals surface area contributed by atoms with Gasteiger partial charge >= 0.3 is 6.18 Å². The van der Waals surface area contributed by atoms with Crippen LogP contribution < -0.4 is 10.6 Å². The predicted octanol–water partition coefficient (Wildman–Crippen LogP) is 2.57. The summed E-state index contributed by atoms with van der Waals surface area (Å²) in [6.45, 7) is 3.23. The van der Waals surface area contributed by atoms with Crippen LogP contribution in [0.1, 0.15) is 49.9 Å². The Balaban J connectivity index is 1.68. The van der Waals surface area contributed by atoms with Gasteiger partial charge in [0.05, 0.1) is 18.0 Å². The van der Waals surface area contributed by atoms with Crippen LogP contribution in [0.5, 0.6) is 5.88 Å². The maximum Gasteiger partial charge on any atom is 0.406 e. The number of aromatic nitrogens is 5. The number of nitriles is 2. The van der Waals surface area contributed by atoms with Gasteiger partial charge in [-0.1, -0.05) is 0 Å². The fraction of sp³-hybridized carbons (Fsp3) is 0.435. The summed E-state index contributed by atoms with van der Waals surface area (Å²) in [5.74, 6) is 5.82. The Morgan fingerprint density at radius 2 is 2.03 bits per heavy atom. The molecule has 4 heterocycles. The lowest BCUT2D eigenvalue weighted by Gasteiger charge is -2.26. The maximum atomic E-state index is 13.0. The number of ether oxygens (including phenoxy) is 1. The first-order chi connectivity index (χ1) is 18.1. The molecule has 1 aliphatic rings. The Hall–Kier alpha value is -4.66. The largest absolute Gasteiger partial charge is 0.467 e. The van der Waals surface area contributed by atoms with E-state index in [0.717, 1.165) is 10.9 Å². The lowest BCUT2D eigenvalue weighted by atomic mass is 10.0. The molecule has 12 nitrogen and oxygen atoms in total. The van der Waals surface area contributed by atoms with Gasteiger partial charge < -0.3 is 20.0 Å². The number of likely N-dealkylation sites (tertiary alicyclic amines) is 1. The molecule has 1 fully saturated rings. The second-order valence-corrected chi connectivity index (χ2v) is 8.73. The lowest BCUT2D eigenvalue weighted by Crippen LogP contribution is -2.32. The average Bonchev–Trinajstić information content (AvgIpc) is 3.50. The molecule has 0 aliphatic carbocycles. The number of hydrogen-bond donors (Lipinski definition) is 1. The molecule has 1 saturated heterocycles. The fourth-order valence-electron chi connectivity index (χ4n) is 4.31. The smallest absolute Gasteiger partial charge is 0.406 e. The van der Waals surface area contributed by atoms with Gasteiger partial charge in [-0.15, -0.1) is 10.2 Å². The number of nitrogens with two attached hydrogens (primary N) is 1. The number of imidazole rings is 1. The zero-order chi connectivity index (χ0) is 27.4. The van der Waals surface area contributed by atoms with E-state index >= 15 is 0 Å². The number of rotatable bonds is 7. The molecule has 3 aromatic heterocycles. The van der Waals surface area contributed by atoms with E-state index in [9.17, 15) is 18.4 Å². The van der Waals surface area contributed by atoms with Crippen molar-refractivity contribution >= 4 is 17.1 Å². The molecule has 0 amide bonds. The molecule has 15 heteroatoms. The molecular formula is C23H24F3N11O. The zero-order valence-electron chi connectivity index (χ0n) is 20.6. The Morgan fingerprint density at radius 3 is 2.66 bits per heavy atom. The van der Waals surface area contributed by atoms with Crippen molar-refractivity contribution in [3.05, 3.63) is 41.7 Å². The van der Waals surface area contributed by atoms with E-state index in [0.29, 0.717) is 48.6 Å². The molecule has 38 heavy (non-hydrogen) atoms. The molecular weight excluding hydrogens is 503 g/mol. The Bertz CT molecular complexity index is 1450. The van der Waals surface area contributed by atoms with Crippen molar-refractivity contribution in [2.24, 2.45) is 15.9 Å². The summed E-state index contributed by atoms with van der Waals surface area (Å²) in [5.41, 5.74) is 1.91. The highest BCUT2D eigenvalue weighted by atomic mass is 19.4. The SMILES string of the molecule is CC(=NC1CCN(C#N)CC1)/C(=N\N)c1cc(OC(C)c2nncn2CC(F)(F)F)n2c(C#N)cnc2c1. The molecule has 1 aliphatic heterocycles. The van der Waals surface area contributed by atoms with Crippen LogP contribution in [0.3, 0.4) is 0 Å². The second kappa shape index (κ2) is 10.8. The summed E-state index contributed by atoms with van der Waals surface area (Å²) in [5, 5.41) is 29.9. The van der Waals surface area contributed by atoms with Crippen LogP contribution in [0.2, 0.25) is 0 Å². The molecule has 1 atom stereocenters. The molecule has 198 valence electrons. The molecule has 3 aromatic rings. The Labute approximate surface area is 215 Å². The number of alkyl halides is 3. The molecule has 0 bridgehead atoms. The molecule has 0 saturated carbocycles. The zero-order valence-corrected chi connectivity index (χ0v) is 20.6. The summed E-state index contributed by atoms with van der Waals surface area (Å²) < 4.78 is 47.3. The fourth-order valence-corrected chi connectivity index (χ4v) is 4.31. The highest BCUT2D eigenvalue weighted by molar-refractivity contribution is 6.47. The van der Waals surface area contributed by atoms with E-state index in [4.69, 9.17) is 20.8 Å². The third kappa shape index (κ3) is 5.67. The number of fused-ring (bicyclic) bond motifs is 1. The van der Waals surface area contributed by atoms with Crippen molar-refractivity contribution < 1.29 is 17.9 Å². The van der Waals surface area contributed by atoms with Gasteiger partial charge in [0, 0.05) is 24.7 Å². The third-order valence-corrected chi connectivity index (χ3v) is 6.07. The van der Waals surface area contributed by atoms with Crippen LogP contribution >= 0.6 is 0 Å². The summed E-state index contributed by atoms with van der Waals surface area (Å²) in [6, 6.07) is 5.24. The quantitative estimate of drug-likeness (QED) is 0.212. The molecule has 0 aromatic carbocycles. The van der Waals surface area contributed by atoms with E-state index < -0.39 is 18.8 Å². The molecule has 0 spiro atoms. The van der Waals surface area contributed by atoms with Gasteiger partial charge in [0.2, 0.25) is 5.88 Å². The summed E-state index contributed by atoms with van der Waals surface area (Å²) in [6.07, 6.45) is 0.440. The minimum atomic E-state index is -4.48. The van der Waals surface area contributed by atoms with Crippen molar-refractivity contribution in [1.82, 2.24) is 29.0 Å². The first-order valence-corrected chi connectivity index (χ1v) is 11.6. The van der Waals surface area contributed by atoms with E-state index in [1.807, 2.05) is 6.07 Å². The van der Waals surface area contributed by atoms with E-state index in [1.165, 1.54) is 17.5 Å². The number of nitrogens with zero attached hydrogens (tertiary/aromatic N) is 10. The third-order valence-electron chi connectivity index (χ3n) is 6.07. The topological polar surface area (TPSA) is 159 Å². The van der Waals surface area contributed by atoms with Crippen LogP contribution in [0.25, 0.3) is 5.65 Å². The highest BCUT2D eigenvalue weighted by Gasteiger charge is 2.31. The van der Waals surface area contributed by atoms with Gasteiger partial charge in [0.15, 0.2) is 18.1 Å². The molecule has 1 unspecified atom stereocenters. The minimum Gasteiger partial charge on any atom is -0.467 e. The van der Waals surface area contributed by atoms with Gasteiger partial charge in [-0.05, 0) is 32.8 Å². The lowest BCUT2D eigenvalue weighted by molar-refractivity contribution is -0.141. The van der Waals surface area contributed by atoms with Crippen LogP contribution in [0.4, 0.5) is 13.2 Å². The first kappa shape index (κ1) is 26.4. The van der Waals surface area contributed by atoms with Crippen LogP contribution in [0, 0.1) is 22.8 Å². The van der Waals surface area contributed by atoms with Crippen molar-refractivity contribution in [2.45, 2.75) is 51.6 Å². The van der Waals surface area contributed by atoms with Gasteiger partial charge in [0.25, 0.3) is 0 Å². The average molecular weight is 528 g/mol. The monoisotopic (exact) mass is 527 g/mol. The number of hydrogen-bond acceptors (Lipinski definition) is 10. The second-order valence-electron chi connectivity index (χ2n) is 8.73. The number of halogens is 3. The summed E-state index contributed by atoms with van der Waals surface area (Å²) >= 11 is 0. The van der Waals surface area contributed by atoms with Crippen molar-refractivity contribution in [1.29, 1.82) is 10.5 Å². The standard InChI is InChI=1S/C23H24F3N11O/c1-14(32-17-3-5-35(12-28)6-4-17)21(33-29)16-7-19-30-10-18(9-27)37(19)20(8-16)38-15(2)22-34-31-13-36(22)11-23(24,25)26/h7-8,10,13,15,17H,3-6,11,29H2,1-2H3/b32-14?,33-21+. The number of piperidine rings is 1. The molecule has 2 N–H and O–H groups in total. The van der Waals surface area contributed by atoms with Crippen LogP contribution in [-0.4, -0.2) is 65.8 Å². The van der Waals surface area contributed by atoms with Crippen molar-refractivity contribution in [3.8, 4) is 18.1 Å². The maximum absolute atomic E-state index is 13.0. The predicted molar refractivity (Wildman–Crippen MR) is 129 cm³/mol. The minimum absolute atomic E-state index is 0.00701. The highest BCUT2D eigenvalue weighted by Crippen LogP contribution is 2.27. The summed E-state index contributed by atoms with van der Waals surface area (Å²) in [4.78, 5) is 10.7. The van der Waals surface area contributed by atoms with Gasteiger partial charge in [-0.25, -0.2) is 4.98 Å². The van der Waals surface area contributed by atoms with Crippen LogP contribution in [-0.2, 0) is 6.54 Å². The van der Waals surface area contributed by atoms with Gasteiger partial charge in [-0.3, -0.25) is 9.39 Å². The Kier molecular flexibility index (Phi) is 7.47. The van der Waals surface area contributed by atoms with Gasteiger partial charge in [0.1, 0.15) is 36.0 Å². The van der Waals surface area contributed by atoms with Crippen LogP contribution in [0.15, 0.2) is 34.8 Å².